The maximum Gasteiger partial charge on any atom is 0.317 e. The molecule has 1 saturated heterocycles. The van der Waals surface area contributed by atoms with E-state index in [0.29, 0.717) is 18.5 Å². The Bertz CT molecular complexity index is 343. The van der Waals surface area contributed by atoms with E-state index in [-0.39, 0.29) is 18.6 Å². The monoisotopic (exact) mass is 311 g/mol. The van der Waals surface area contributed by atoms with Crippen LogP contribution in [0.1, 0.15) is 44.9 Å². The zero-order valence-electron chi connectivity index (χ0n) is 14.3. The van der Waals surface area contributed by atoms with Crippen LogP contribution in [-0.4, -0.2) is 67.3 Å². The van der Waals surface area contributed by atoms with Gasteiger partial charge in [0.15, 0.2) is 0 Å². The summed E-state index contributed by atoms with van der Waals surface area (Å²) in [5.41, 5.74) is 0. The van der Waals surface area contributed by atoms with E-state index < -0.39 is 0 Å². The van der Waals surface area contributed by atoms with Gasteiger partial charge in [0.25, 0.3) is 0 Å². The van der Waals surface area contributed by atoms with Crippen LogP contribution < -0.4 is 5.32 Å². The second-order valence-electron chi connectivity index (χ2n) is 7.25. The van der Waals surface area contributed by atoms with E-state index in [4.69, 9.17) is 0 Å². The summed E-state index contributed by atoms with van der Waals surface area (Å²) in [6, 6.07) is 0.475. The molecule has 2 rings (SSSR count). The third-order valence-corrected chi connectivity index (χ3v) is 5.38. The van der Waals surface area contributed by atoms with Crippen LogP contribution in [0.5, 0.6) is 0 Å². The van der Waals surface area contributed by atoms with Crippen LogP contribution in [-0.2, 0) is 0 Å². The van der Waals surface area contributed by atoms with E-state index in [1.807, 2.05) is 4.90 Å². The van der Waals surface area contributed by atoms with Crippen LogP contribution in [0, 0.1) is 11.8 Å². The Morgan fingerprint density at radius 1 is 1.23 bits per heavy atom. The van der Waals surface area contributed by atoms with Crippen molar-refractivity contribution in [1.82, 2.24) is 15.1 Å². The summed E-state index contributed by atoms with van der Waals surface area (Å²) in [6.07, 6.45) is 8.62. The lowest BCUT2D eigenvalue weighted by Crippen LogP contribution is -2.51. The average molecular weight is 311 g/mol. The van der Waals surface area contributed by atoms with Crippen LogP contribution in [0.15, 0.2) is 0 Å². The maximum atomic E-state index is 12.4. The van der Waals surface area contributed by atoms with Crippen molar-refractivity contribution < 1.29 is 9.90 Å². The molecule has 2 aliphatic rings. The second-order valence-corrected chi connectivity index (χ2v) is 7.25. The fraction of sp³-hybridized carbons (Fsp3) is 0.941. The molecule has 2 fully saturated rings. The first-order valence-corrected chi connectivity index (χ1v) is 8.92. The quantitative estimate of drug-likeness (QED) is 0.815. The number of nitrogens with one attached hydrogen (secondary N) is 1. The molecule has 0 aromatic heterocycles. The normalized spacial score (nSPS) is 25.3. The van der Waals surface area contributed by atoms with Crippen LogP contribution in [0.3, 0.4) is 0 Å². The van der Waals surface area contributed by atoms with Gasteiger partial charge >= 0.3 is 6.03 Å². The van der Waals surface area contributed by atoms with Crippen LogP contribution in [0.4, 0.5) is 4.79 Å². The fourth-order valence-corrected chi connectivity index (χ4v) is 3.99. The molecule has 1 heterocycles. The van der Waals surface area contributed by atoms with Crippen molar-refractivity contribution in [3.8, 4) is 0 Å². The summed E-state index contributed by atoms with van der Waals surface area (Å²) < 4.78 is 0. The summed E-state index contributed by atoms with van der Waals surface area (Å²) in [7, 11) is 4.24. The highest BCUT2D eigenvalue weighted by Gasteiger charge is 2.27. The van der Waals surface area contributed by atoms with E-state index in [1.165, 1.54) is 32.1 Å². The third-order valence-electron chi connectivity index (χ3n) is 5.38. The van der Waals surface area contributed by atoms with Gasteiger partial charge in [-0.25, -0.2) is 4.79 Å². The molecule has 0 aromatic rings. The van der Waals surface area contributed by atoms with E-state index in [2.05, 4.69) is 24.3 Å². The number of nitrogens with zero attached hydrogens (tertiary/aromatic N) is 2. The van der Waals surface area contributed by atoms with E-state index >= 15 is 0 Å². The van der Waals surface area contributed by atoms with Crippen molar-refractivity contribution in [1.29, 1.82) is 0 Å². The number of amides is 2. The molecule has 2 amide bonds. The molecule has 2 atom stereocenters. The first-order chi connectivity index (χ1) is 10.6. The number of hydrogen-bond acceptors (Lipinski definition) is 3. The smallest absolute Gasteiger partial charge is 0.317 e. The minimum atomic E-state index is 0.0424. The molecule has 0 spiro atoms. The molecule has 22 heavy (non-hydrogen) atoms. The van der Waals surface area contributed by atoms with Gasteiger partial charge in [-0.1, -0.05) is 19.3 Å². The first-order valence-electron chi connectivity index (χ1n) is 8.92. The predicted molar refractivity (Wildman–Crippen MR) is 88.8 cm³/mol. The Morgan fingerprint density at radius 2 is 1.95 bits per heavy atom. The van der Waals surface area contributed by atoms with Crippen molar-refractivity contribution in [3.05, 3.63) is 0 Å². The molecular weight excluding hydrogens is 278 g/mol. The molecule has 0 radical (unpaired) electrons. The maximum absolute atomic E-state index is 12.4. The number of carbonyl (C=O) groups excluding carboxylic acids is 1. The van der Waals surface area contributed by atoms with Crippen LogP contribution in [0.2, 0.25) is 0 Å². The zero-order chi connectivity index (χ0) is 15.9. The van der Waals surface area contributed by atoms with Gasteiger partial charge in [0.2, 0.25) is 0 Å². The number of aliphatic hydroxyl groups excluding tert-OH is 1. The Labute approximate surface area is 135 Å². The lowest BCUT2D eigenvalue weighted by Gasteiger charge is -2.36. The molecule has 1 aliphatic heterocycles. The highest BCUT2D eigenvalue weighted by Crippen LogP contribution is 2.28. The van der Waals surface area contributed by atoms with Crippen molar-refractivity contribution in [2.45, 2.75) is 51.0 Å². The third kappa shape index (κ3) is 4.85. The lowest BCUT2D eigenvalue weighted by atomic mass is 9.83. The Morgan fingerprint density at radius 3 is 2.59 bits per heavy atom. The van der Waals surface area contributed by atoms with Gasteiger partial charge < -0.3 is 20.2 Å². The Kier molecular flexibility index (Phi) is 6.96. The second kappa shape index (κ2) is 8.73. The SMILES string of the molecule is CN(C)C(CNC(=O)N1CCCC(CO)C1)C1CCCCC1. The van der Waals surface area contributed by atoms with Gasteiger partial charge in [0.1, 0.15) is 0 Å². The van der Waals surface area contributed by atoms with Crippen molar-refractivity contribution in [3.63, 3.8) is 0 Å². The van der Waals surface area contributed by atoms with Gasteiger partial charge in [-0.3, -0.25) is 0 Å². The largest absolute Gasteiger partial charge is 0.396 e. The van der Waals surface area contributed by atoms with Crippen LogP contribution >= 0.6 is 0 Å². The molecule has 0 aromatic carbocycles. The first kappa shape index (κ1) is 17.5. The summed E-state index contributed by atoms with van der Waals surface area (Å²) in [5.74, 6) is 0.957. The number of likely N-dealkylation sites (tertiary alicyclic amines) is 1. The van der Waals surface area contributed by atoms with Crippen LogP contribution in [0.25, 0.3) is 0 Å². The number of aliphatic hydroxyl groups is 1. The van der Waals surface area contributed by atoms with E-state index in [1.54, 1.807) is 0 Å². The highest BCUT2D eigenvalue weighted by molar-refractivity contribution is 5.74. The summed E-state index contributed by atoms with van der Waals surface area (Å²) in [4.78, 5) is 16.5. The fourth-order valence-electron chi connectivity index (χ4n) is 3.99. The highest BCUT2D eigenvalue weighted by atomic mass is 16.3. The molecule has 5 nitrogen and oxygen atoms in total. The lowest BCUT2D eigenvalue weighted by molar-refractivity contribution is 0.124. The van der Waals surface area contributed by atoms with E-state index in [9.17, 15) is 9.90 Å². The number of likely N-dealkylation sites (N-methyl/N-ethyl adjacent to an activating group) is 1. The minimum Gasteiger partial charge on any atom is -0.396 e. The molecule has 0 bridgehead atoms. The molecule has 2 unspecified atom stereocenters. The standard InChI is InChI=1S/C17H33N3O2/c1-19(2)16(15-8-4-3-5-9-15)11-18-17(22)20-10-6-7-14(12-20)13-21/h14-16,21H,3-13H2,1-2H3,(H,18,22). The predicted octanol–water partition coefficient (Wildman–Crippen LogP) is 1.91. The van der Waals surface area contributed by atoms with Gasteiger partial charge in [0, 0.05) is 32.3 Å². The number of hydrogen-bond donors (Lipinski definition) is 2. The van der Waals surface area contributed by atoms with Crippen molar-refractivity contribution in [2.75, 3.05) is 40.3 Å². The summed E-state index contributed by atoms with van der Waals surface area (Å²) in [5, 5.41) is 12.4. The Hall–Kier alpha value is -0.810. The average Bonchev–Trinajstić information content (AvgIpc) is 2.55. The number of rotatable bonds is 5. The number of piperidine rings is 1. The molecule has 128 valence electrons. The Balaban J connectivity index is 1.81. The summed E-state index contributed by atoms with van der Waals surface area (Å²) >= 11 is 0. The van der Waals surface area contributed by atoms with E-state index in [0.717, 1.165) is 25.9 Å². The minimum absolute atomic E-state index is 0.0424. The number of carbonyl (C=O) groups is 1. The summed E-state index contributed by atoms with van der Waals surface area (Å²) in [6.45, 7) is 2.43. The topological polar surface area (TPSA) is 55.8 Å². The molecular formula is C17H33N3O2. The van der Waals surface area contributed by atoms with Crippen molar-refractivity contribution in [2.24, 2.45) is 11.8 Å². The molecule has 2 N–H and O–H groups in total. The molecule has 1 aliphatic carbocycles. The molecule has 5 heteroatoms. The zero-order valence-corrected chi connectivity index (χ0v) is 14.3. The molecule has 1 saturated carbocycles. The van der Waals surface area contributed by atoms with Crippen molar-refractivity contribution >= 4 is 6.03 Å². The number of urea groups is 1. The van der Waals surface area contributed by atoms with Gasteiger partial charge in [-0.2, -0.15) is 0 Å². The van der Waals surface area contributed by atoms with Gasteiger partial charge in [0.05, 0.1) is 0 Å². The van der Waals surface area contributed by atoms with Gasteiger partial charge in [-0.15, -0.1) is 0 Å². The van der Waals surface area contributed by atoms with Gasteiger partial charge in [-0.05, 0) is 51.6 Å².